The number of phenolic OH excluding ortho intramolecular Hbond substituents is 1. The number of phenols is 1. The van der Waals surface area contributed by atoms with Crippen LogP contribution in [0.15, 0.2) is 17.1 Å². The Balaban J connectivity index is 2.62. The highest BCUT2D eigenvalue weighted by Crippen LogP contribution is 2.51. The molecule has 1 aromatic carbocycles. The highest BCUT2D eigenvalue weighted by atomic mass is 19.1. The van der Waals surface area contributed by atoms with E-state index in [4.69, 9.17) is 5.11 Å². The number of aromatic hydroxyl groups is 1. The molecule has 1 saturated carbocycles. The Morgan fingerprint density at radius 3 is 2.60 bits per heavy atom. The zero-order chi connectivity index (χ0) is 11.1. The maximum absolute atomic E-state index is 13.4. The minimum atomic E-state index is -1.14. The van der Waals surface area contributed by atoms with Crippen LogP contribution in [-0.2, 0) is 10.3 Å². The second-order valence-electron chi connectivity index (χ2n) is 3.49. The van der Waals surface area contributed by atoms with Gasteiger partial charge in [-0.15, -0.1) is 0 Å². The number of rotatable bonds is 2. The van der Waals surface area contributed by atoms with Gasteiger partial charge in [0, 0.05) is 0 Å². The molecule has 0 aromatic heterocycles. The molecule has 15 heavy (non-hydrogen) atoms. The minimum Gasteiger partial charge on any atom is -0.505 e. The first-order valence-corrected chi connectivity index (χ1v) is 4.37. The molecule has 0 spiro atoms. The highest BCUT2D eigenvalue weighted by molar-refractivity contribution is 5.44. The normalized spacial score (nSPS) is 16.9. The van der Waals surface area contributed by atoms with Crippen molar-refractivity contribution in [2.75, 3.05) is 0 Å². The van der Waals surface area contributed by atoms with Crippen LogP contribution in [0, 0.1) is 11.6 Å². The summed E-state index contributed by atoms with van der Waals surface area (Å²) < 4.78 is 26.8. The van der Waals surface area contributed by atoms with Crippen LogP contribution in [-0.4, -0.2) is 11.2 Å². The van der Waals surface area contributed by atoms with Crippen LogP contribution in [0.3, 0.4) is 0 Å². The number of halogens is 2. The van der Waals surface area contributed by atoms with Gasteiger partial charge in [0.25, 0.3) is 0 Å². The fraction of sp³-hybridized carbons (Fsp3) is 0.300. The molecule has 0 radical (unpaired) electrons. The molecule has 78 valence electrons. The van der Waals surface area contributed by atoms with Crippen LogP contribution in [0.2, 0.25) is 0 Å². The van der Waals surface area contributed by atoms with E-state index in [1.807, 2.05) is 0 Å². The molecule has 1 aliphatic carbocycles. The fourth-order valence-corrected chi connectivity index (χ4v) is 1.59. The van der Waals surface area contributed by atoms with Crippen LogP contribution in [0.4, 0.5) is 8.78 Å². The van der Waals surface area contributed by atoms with E-state index in [0.29, 0.717) is 12.8 Å². The SMILES string of the molecule is O=C=NC1(c2c(F)ccc(O)c2F)CC1. The Hall–Kier alpha value is -1.74. The van der Waals surface area contributed by atoms with Crippen molar-refractivity contribution in [1.82, 2.24) is 0 Å². The van der Waals surface area contributed by atoms with Gasteiger partial charge in [0.15, 0.2) is 11.6 Å². The van der Waals surface area contributed by atoms with Gasteiger partial charge in [0.05, 0.1) is 5.56 Å². The number of aliphatic imine (C=N–C) groups is 1. The zero-order valence-electron chi connectivity index (χ0n) is 7.63. The Kier molecular flexibility index (Phi) is 2.05. The Labute approximate surface area is 84.1 Å². The Bertz CT molecular complexity index is 463. The Morgan fingerprint density at radius 1 is 1.40 bits per heavy atom. The maximum atomic E-state index is 13.4. The number of hydrogen-bond donors (Lipinski definition) is 1. The van der Waals surface area contributed by atoms with Crippen molar-refractivity contribution in [2.24, 2.45) is 4.99 Å². The molecular formula is C10H7F2NO2. The molecule has 1 aromatic rings. The summed E-state index contributed by atoms with van der Waals surface area (Å²) in [6, 6.07) is 1.88. The largest absolute Gasteiger partial charge is 0.505 e. The van der Waals surface area contributed by atoms with E-state index >= 15 is 0 Å². The number of isocyanates is 1. The summed E-state index contributed by atoms with van der Waals surface area (Å²) in [5.41, 5.74) is -1.49. The summed E-state index contributed by atoms with van der Waals surface area (Å²) in [6.45, 7) is 0. The van der Waals surface area contributed by atoms with E-state index in [-0.39, 0.29) is 5.56 Å². The lowest BCUT2D eigenvalue weighted by molar-refractivity contribution is 0.414. The third-order valence-corrected chi connectivity index (χ3v) is 2.52. The monoisotopic (exact) mass is 211 g/mol. The molecule has 0 unspecified atom stereocenters. The van der Waals surface area contributed by atoms with Gasteiger partial charge in [-0.25, -0.2) is 13.6 Å². The lowest BCUT2D eigenvalue weighted by Crippen LogP contribution is -2.09. The third kappa shape index (κ3) is 1.41. The van der Waals surface area contributed by atoms with Gasteiger partial charge in [0.2, 0.25) is 6.08 Å². The molecule has 1 N–H and O–H groups in total. The Morgan fingerprint density at radius 2 is 2.07 bits per heavy atom. The molecular weight excluding hydrogens is 204 g/mol. The van der Waals surface area contributed by atoms with Gasteiger partial charge < -0.3 is 5.11 Å². The smallest absolute Gasteiger partial charge is 0.235 e. The average Bonchev–Trinajstić information content (AvgIpc) is 2.94. The van der Waals surface area contributed by atoms with E-state index in [9.17, 15) is 13.6 Å². The fourth-order valence-electron chi connectivity index (χ4n) is 1.59. The quantitative estimate of drug-likeness (QED) is 0.600. The van der Waals surface area contributed by atoms with Gasteiger partial charge in [-0.05, 0) is 25.0 Å². The maximum Gasteiger partial charge on any atom is 0.235 e. The molecule has 1 fully saturated rings. The van der Waals surface area contributed by atoms with Crippen molar-refractivity contribution in [1.29, 1.82) is 0 Å². The molecule has 0 amide bonds. The number of benzene rings is 1. The molecule has 0 bridgehead atoms. The summed E-state index contributed by atoms with van der Waals surface area (Å²) >= 11 is 0. The van der Waals surface area contributed by atoms with Crippen molar-refractivity contribution >= 4 is 6.08 Å². The van der Waals surface area contributed by atoms with E-state index in [2.05, 4.69) is 4.99 Å². The van der Waals surface area contributed by atoms with Crippen molar-refractivity contribution < 1.29 is 18.7 Å². The van der Waals surface area contributed by atoms with Crippen LogP contribution in [0.25, 0.3) is 0 Å². The molecule has 3 nitrogen and oxygen atoms in total. The van der Waals surface area contributed by atoms with Crippen molar-refractivity contribution in [3.63, 3.8) is 0 Å². The molecule has 0 atom stereocenters. The summed E-state index contributed by atoms with van der Waals surface area (Å²) in [4.78, 5) is 13.5. The van der Waals surface area contributed by atoms with Crippen molar-refractivity contribution in [3.8, 4) is 5.75 Å². The molecule has 0 saturated heterocycles. The van der Waals surface area contributed by atoms with E-state index in [1.165, 1.54) is 6.08 Å². The second-order valence-corrected chi connectivity index (χ2v) is 3.49. The topological polar surface area (TPSA) is 49.7 Å². The molecule has 5 heteroatoms. The number of hydrogen-bond acceptors (Lipinski definition) is 3. The van der Waals surface area contributed by atoms with E-state index < -0.39 is 22.9 Å². The first kappa shape index (κ1) is 9.80. The molecule has 1 aliphatic rings. The lowest BCUT2D eigenvalue weighted by Gasteiger charge is -2.11. The summed E-state index contributed by atoms with van der Waals surface area (Å²) in [5, 5.41) is 9.10. The average molecular weight is 211 g/mol. The predicted octanol–water partition coefficient (Wildman–Crippen LogP) is 2.00. The molecule has 0 aliphatic heterocycles. The third-order valence-electron chi connectivity index (χ3n) is 2.52. The van der Waals surface area contributed by atoms with Gasteiger partial charge in [-0.1, -0.05) is 0 Å². The first-order chi connectivity index (χ1) is 7.10. The number of carbonyl (C=O) groups excluding carboxylic acids is 1. The summed E-state index contributed by atoms with van der Waals surface area (Å²) in [6.07, 6.45) is 2.08. The first-order valence-electron chi connectivity index (χ1n) is 4.37. The van der Waals surface area contributed by atoms with Gasteiger partial charge in [0.1, 0.15) is 11.4 Å². The van der Waals surface area contributed by atoms with Crippen LogP contribution >= 0.6 is 0 Å². The standard InChI is InChI=1S/C10H7F2NO2/c11-6-1-2-7(15)9(12)8(6)10(3-4-10)13-5-14/h1-2,15H,3-4H2. The molecule has 0 heterocycles. The number of nitrogens with zero attached hydrogens (tertiary/aromatic N) is 1. The van der Waals surface area contributed by atoms with Crippen molar-refractivity contribution in [2.45, 2.75) is 18.4 Å². The van der Waals surface area contributed by atoms with E-state index in [0.717, 1.165) is 12.1 Å². The van der Waals surface area contributed by atoms with E-state index in [1.54, 1.807) is 0 Å². The summed E-state index contributed by atoms with van der Waals surface area (Å²) in [7, 11) is 0. The summed E-state index contributed by atoms with van der Waals surface area (Å²) in [5.74, 6) is -2.49. The zero-order valence-corrected chi connectivity index (χ0v) is 7.63. The van der Waals surface area contributed by atoms with Crippen LogP contribution in [0.1, 0.15) is 18.4 Å². The predicted molar refractivity (Wildman–Crippen MR) is 47.1 cm³/mol. The second kappa shape index (κ2) is 3.14. The highest BCUT2D eigenvalue weighted by Gasteiger charge is 2.49. The van der Waals surface area contributed by atoms with Crippen LogP contribution in [0.5, 0.6) is 5.75 Å². The lowest BCUT2D eigenvalue weighted by atomic mass is 10.0. The van der Waals surface area contributed by atoms with Crippen LogP contribution < -0.4 is 0 Å². The van der Waals surface area contributed by atoms with Gasteiger partial charge >= 0.3 is 0 Å². The van der Waals surface area contributed by atoms with Crippen molar-refractivity contribution in [3.05, 3.63) is 29.3 Å². The van der Waals surface area contributed by atoms with Gasteiger partial charge in [-0.3, -0.25) is 0 Å². The van der Waals surface area contributed by atoms with Gasteiger partial charge in [-0.2, -0.15) is 4.99 Å². The molecule has 2 rings (SSSR count). The minimum absolute atomic E-state index is 0.342.